The van der Waals surface area contributed by atoms with Gasteiger partial charge >= 0.3 is 0 Å². The lowest BCUT2D eigenvalue weighted by Crippen LogP contribution is -2.40. The second-order valence-electron chi connectivity index (χ2n) is 3.66. The quantitative estimate of drug-likeness (QED) is 0.668. The van der Waals surface area contributed by atoms with Crippen LogP contribution >= 0.6 is 0 Å². The molecule has 0 rings (SSSR count). The predicted octanol–water partition coefficient (Wildman–Crippen LogP) is 2.18. The van der Waals surface area contributed by atoms with Crippen molar-refractivity contribution in [2.45, 2.75) is 45.6 Å². The van der Waals surface area contributed by atoms with Crippen molar-refractivity contribution in [1.29, 1.82) is 0 Å². The van der Waals surface area contributed by atoms with Gasteiger partial charge in [0.2, 0.25) is 0 Å². The smallest absolute Gasteiger partial charge is 0.0800 e. The van der Waals surface area contributed by atoms with Crippen LogP contribution in [-0.2, 0) is 4.74 Å². The van der Waals surface area contributed by atoms with Crippen molar-refractivity contribution in [3.8, 4) is 0 Å². The molecule has 0 aromatic carbocycles. The maximum atomic E-state index is 5.71. The predicted molar refractivity (Wildman–Crippen MR) is 53.2 cm³/mol. The van der Waals surface area contributed by atoms with Gasteiger partial charge in [0, 0.05) is 13.7 Å². The van der Waals surface area contributed by atoms with Gasteiger partial charge < -0.3 is 10.5 Å². The highest BCUT2D eigenvalue weighted by Gasteiger charge is 2.27. The molecule has 0 aliphatic heterocycles. The molecule has 2 atom stereocenters. The molecule has 0 spiro atoms. The molecule has 0 saturated carbocycles. The van der Waals surface area contributed by atoms with E-state index in [1.807, 2.05) is 0 Å². The molecule has 12 heavy (non-hydrogen) atoms. The molecule has 0 radical (unpaired) electrons. The first-order valence-corrected chi connectivity index (χ1v) is 4.89. The highest BCUT2D eigenvalue weighted by atomic mass is 16.5. The summed E-state index contributed by atoms with van der Waals surface area (Å²) in [5.74, 6) is 0.702. The summed E-state index contributed by atoms with van der Waals surface area (Å²) in [6.07, 6.45) is 3.28. The molecule has 2 heteroatoms. The zero-order chi connectivity index (χ0) is 9.61. The number of methoxy groups -OCH3 is 1. The Bertz CT molecular complexity index is 102. The van der Waals surface area contributed by atoms with E-state index in [1.165, 1.54) is 6.42 Å². The molecule has 0 unspecified atom stereocenters. The van der Waals surface area contributed by atoms with Crippen LogP contribution in [0.4, 0.5) is 0 Å². The van der Waals surface area contributed by atoms with Gasteiger partial charge in [-0.05, 0) is 18.8 Å². The maximum Gasteiger partial charge on any atom is 0.0800 e. The topological polar surface area (TPSA) is 35.2 Å². The van der Waals surface area contributed by atoms with E-state index >= 15 is 0 Å². The Morgan fingerprint density at radius 1 is 1.42 bits per heavy atom. The van der Waals surface area contributed by atoms with Crippen LogP contribution in [0.2, 0.25) is 0 Å². The summed E-state index contributed by atoms with van der Waals surface area (Å²) >= 11 is 0. The van der Waals surface area contributed by atoms with E-state index in [9.17, 15) is 0 Å². The van der Waals surface area contributed by atoms with Crippen LogP contribution in [0.5, 0.6) is 0 Å². The summed E-state index contributed by atoms with van der Waals surface area (Å²) in [6, 6.07) is 0. The van der Waals surface area contributed by atoms with E-state index in [0.29, 0.717) is 12.5 Å². The normalized spacial score (nSPS) is 18.8. The summed E-state index contributed by atoms with van der Waals surface area (Å²) in [5, 5.41) is 0. The van der Waals surface area contributed by atoms with Gasteiger partial charge in [-0.15, -0.1) is 0 Å². The first kappa shape index (κ1) is 11.9. The van der Waals surface area contributed by atoms with E-state index in [0.717, 1.165) is 12.8 Å². The third-order valence-electron chi connectivity index (χ3n) is 2.87. The van der Waals surface area contributed by atoms with E-state index < -0.39 is 0 Å². The van der Waals surface area contributed by atoms with Gasteiger partial charge in [0.25, 0.3) is 0 Å². The minimum Gasteiger partial charge on any atom is -0.377 e. The Labute approximate surface area is 76.5 Å². The molecular formula is C10H23NO. The molecule has 0 saturated heterocycles. The van der Waals surface area contributed by atoms with Crippen molar-refractivity contribution in [1.82, 2.24) is 0 Å². The van der Waals surface area contributed by atoms with E-state index in [1.54, 1.807) is 7.11 Å². The van der Waals surface area contributed by atoms with Crippen molar-refractivity contribution in [2.75, 3.05) is 13.7 Å². The van der Waals surface area contributed by atoms with Crippen molar-refractivity contribution in [3.05, 3.63) is 0 Å². The molecule has 0 heterocycles. The Hall–Kier alpha value is -0.0800. The van der Waals surface area contributed by atoms with Crippen LogP contribution in [0.3, 0.4) is 0 Å². The fourth-order valence-corrected chi connectivity index (χ4v) is 1.46. The molecule has 0 aliphatic carbocycles. The molecule has 0 aliphatic rings. The van der Waals surface area contributed by atoms with Crippen LogP contribution in [0.1, 0.15) is 40.0 Å². The summed E-state index contributed by atoms with van der Waals surface area (Å²) in [7, 11) is 1.76. The minimum absolute atomic E-state index is 0.0740. The Morgan fingerprint density at radius 3 is 2.25 bits per heavy atom. The lowest BCUT2D eigenvalue weighted by molar-refractivity contribution is -0.0238. The molecule has 2 N–H and O–H groups in total. The first-order chi connectivity index (χ1) is 5.64. The van der Waals surface area contributed by atoms with Crippen LogP contribution in [0.15, 0.2) is 0 Å². The van der Waals surface area contributed by atoms with E-state index in [2.05, 4.69) is 20.8 Å². The van der Waals surface area contributed by atoms with Gasteiger partial charge in [-0.1, -0.05) is 27.2 Å². The van der Waals surface area contributed by atoms with Crippen LogP contribution in [-0.4, -0.2) is 19.3 Å². The monoisotopic (exact) mass is 173 g/mol. The summed E-state index contributed by atoms with van der Waals surface area (Å²) in [6.45, 7) is 7.22. The first-order valence-electron chi connectivity index (χ1n) is 4.89. The molecule has 0 aromatic rings. The highest BCUT2D eigenvalue weighted by molar-refractivity contribution is 4.81. The number of ether oxygens (including phenoxy) is 1. The van der Waals surface area contributed by atoms with Crippen molar-refractivity contribution < 1.29 is 4.74 Å². The SMILES string of the molecule is CC[C@@H](C)C[C@@](CC)(CN)OC. The maximum absolute atomic E-state index is 5.71. The van der Waals surface area contributed by atoms with Gasteiger partial charge in [0.15, 0.2) is 0 Å². The van der Waals surface area contributed by atoms with Crippen molar-refractivity contribution >= 4 is 0 Å². The second-order valence-corrected chi connectivity index (χ2v) is 3.66. The third kappa shape index (κ3) is 3.11. The molecule has 0 fully saturated rings. The van der Waals surface area contributed by atoms with Crippen molar-refractivity contribution in [3.63, 3.8) is 0 Å². The Balaban J connectivity index is 4.09. The highest BCUT2D eigenvalue weighted by Crippen LogP contribution is 2.24. The van der Waals surface area contributed by atoms with Gasteiger partial charge in [0.05, 0.1) is 5.60 Å². The Morgan fingerprint density at radius 2 is 2.00 bits per heavy atom. The fraction of sp³-hybridized carbons (Fsp3) is 1.00. The second kappa shape index (κ2) is 5.55. The summed E-state index contributed by atoms with van der Waals surface area (Å²) in [5.41, 5.74) is 5.63. The van der Waals surface area contributed by atoms with Crippen LogP contribution in [0, 0.1) is 5.92 Å². The van der Waals surface area contributed by atoms with Gasteiger partial charge in [-0.2, -0.15) is 0 Å². The lowest BCUT2D eigenvalue weighted by Gasteiger charge is -2.32. The number of hydrogen-bond donors (Lipinski definition) is 1. The Kier molecular flexibility index (Phi) is 5.51. The number of rotatable bonds is 6. The average molecular weight is 173 g/mol. The van der Waals surface area contributed by atoms with Crippen LogP contribution in [0.25, 0.3) is 0 Å². The van der Waals surface area contributed by atoms with Crippen LogP contribution < -0.4 is 5.73 Å². The summed E-state index contributed by atoms with van der Waals surface area (Å²) in [4.78, 5) is 0. The number of nitrogens with two attached hydrogens (primary N) is 1. The molecular weight excluding hydrogens is 150 g/mol. The van der Waals surface area contributed by atoms with Gasteiger partial charge in [-0.25, -0.2) is 0 Å². The molecule has 0 bridgehead atoms. The lowest BCUT2D eigenvalue weighted by atomic mass is 9.88. The molecule has 0 amide bonds. The third-order valence-corrected chi connectivity index (χ3v) is 2.87. The number of hydrogen-bond acceptors (Lipinski definition) is 2. The fourth-order valence-electron chi connectivity index (χ4n) is 1.46. The van der Waals surface area contributed by atoms with E-state index in [4.69, 9.17) is 10.5 Å². The van der Waals surface area contributed by atoms with E-state index in [-0.39, 0.29) is 5.60 Å². The molecule has 0 aromatic heterocycles. The van der Waals surface area contributed by atoms with Gasteiger partial charge in [0.1, 0.15) is 0 Å². The van der Waals surface area contributed by atoms with Gasteiger partial charge in [-0.3, -0.25) is 0 Å². The minimum atomic E-state index is -0.0740. The largest absolute Gasteiger partial charge is 0.377 e. The summed E-state index contributed by atoms with van der Waals surface area (Å²) < 4.78 is 5.48. The molecule has 74 valence electrons. The average Bonchev–Trinajstić information content (AvgIpc) is 2.14. The van der Waals surface area contributed by atoms with Crippen molar-refractivity contribution in [2.24, 2.45) is 11.7 Å². The molecule has 2 nitrogen and oxygen atoms in total. The zero-order valence-corrected chi connectivity index (χ0v) is 8.89. The zero-order valence-electron chi connectivity index (χ0n) is 8.89. The standard InChI is InChI=1S/C10H23NO/c1-5-9(3)7-10(6-2,8-11)12-4/h9H,5-8,11H2,1-4H3/t9-,10+/m1/s1.